The molecule has 1 atom stereocenters. The van der Waals surface area contributed by atoms with Gasteiger partial charge < -0.3 is 15.3 Å². The summed E-state index contributed by atoms with van der Waals surface area (Å²) < 4.78 is 0. The number of carbonyl (C=O) groups is 2. The highest BCUT2D eigenvalue weighted by atomic mass is 16.4. The first-order valence-electron chi connectivity index (χ1n) is 7.34. The average molecular weight is 292 g/mol. The van der Waals surface area contributed by atoms with Crippen LogP contribution >= 0.6 is 0 Å². The first kappa shape index (κ1) is 17.0. The normalized spacial score (nSPS) is 11.8. The third-order valence-corrected chi connectivity index (χ3v) is 3.31. The highest BCUT2D eigenvalue weighted by molar-refractivity contribution is 5.96. The molecule has 0 aliphatic carbocycles. The molecule has 0 aliphatic rings. The van der Waals surface area contributed by atoms with Crippen molar-refractivity contribution in [3.8, 4) is 0 Å². The van der Waals surface area contributed by atoms with E-state index in [-0.39, 0.29) is 5.91 Å². The molecule has 0 spiro atoms. The molecule has 0 saturated carbocycles. The van der Waals surface area contributed by atoms with Crippen LogP contribution in [0.5, 0.6) is 0 Å². The highest BCUT2D eigenvalue weighted by Gasteiger charge is 2.19. The molecule has 0 fully saturated rings. The number of hydrogen-bond acceptors (Lipinski definition) is 3. The van der Waals surface area contributed by atoms with Gasteiger partial charge in [0, 0.05) is 24.8 Å². The smallest absolute Gasteiger partial charge is 0.326 e. The molecule has 0 aromatic heterocycles. The van der Waals surface area contributed by atoms with E-state index in [1.165, 1.54) is 0 Å². The van der Waals surface area contributed by atoms with Crippen molar-refractivity contribution in [3.05, 3.63) is 29.8 Å². The van der Waals surface area contributed by atoms with E-state index in [4.69, 9.17) is 5.11 Å². The third-order valence-electron chi connectivity index (χ3n) is 3.31. The zero-order chi connectivity index (χ0) is 15.8. The second-order valence-electron chi connectivity index (χ2n) is 5.12. The van der Waals surface area contributed by atoms with Gasteiger partial charge in [0.25, 0.3) is 5.91 Å². The summed E-state index contributed by atoms with van der Waals surface area (Å²) in [4.78, 5) is 25.2. The minimum atomic E-state index is -0.996. The number of carboxylic acids is 1. The van der Waals surface area contributed by atoms with Gasteiger partial charge in [0.2, 0.25) is 0 Å². The van der Waals surface area contributed by atoms with Crippen LogP contribution in [0.3, 0.4) is 0 Å². The van der Waals surface area contributed by atoms with Crippen LogP contribution in [0.4, 0.5) is 5.69 Å². The lowest BCUT2D eigenvalue weighted by molar-refractivity contribution is -0.139. The van der Waals surface area contributed by atoms with Crippen LogP contribution in [0.25, 0.3) is 0 Å². The van der Waals surface area contributed by atoms with Gasteiger partial charge in [0.05, 0.1) is 0 Å². The predicted molar refractivity (Wildman–Crippen MR) is 83.8 cm³/mol. The fraction of sp³-hybridized carbons (Fsp3) is 0.500. The summed E-state index contributed by atoms with van der Waals surface area (Å²) in [5.41, 5.74) is 1.52. The Morgan fingerprint density at radius 3 is 2.29 bits per heavy atom. The SMILES string of the molecule is CCCC(NC(=O)c1ccc(N(C)CCC)cc1)C(=O)O. The lowest BCUT2D eigenvalue weighted by Gasteiger charge is -2.19. The molecule has 1 rings (SSSR count). The summed E-state index contributed by atoms with van der Waals surface area (Å²) in [6, 6.07) is 6.37. The molecular weight excluding hydrogens is 268 g/mol. The van der Waals surface area contributed by atoms with Crippen LogP contribution in [-0.4, -0.2) is 36.6 Å². The van der Waals surface area contributed by atoms with Gasteiger partial charge in [-0.25, -0.2) is 4.79 Å². The van der Waals surface area contributed by atoms with Crippen molar-refractivity contribution in [2.45, 2.75) is 39.2 Å². The molecule has 116 valence electrons. The third kappa shape index (κ3) is 5.10. The Morgan fingerprint density at radius 2 is 1.81 bits per heavy atom. The van der Waals surface area contributed by atoms with Crippen molar-refractivity contribution in [1.82, 2.24) is 5.32 Å². The largest absolute Gasteiger partial charge is 0.480 e. The van der Waals surface area contributed by atoms with Crippen molar-refractivity contribution in [2.24, 2.45) is 0 Å². The average Bonchev–Trinajstić information content (AvgIpc) is 2.47. The standard InChI is InChI=1S/C16H24N2O3/c1-4-6-14(16(20)21)17-15(19)12-7-9-13(10-8-12)18(3)11-5-2/h7-10,14H,4-6,11H2,1-3H3,(H,17,19)(H,20,21). The molecule has 0 bridgehead atoms. The van der Waals surface area contributed by atoms with Crippen molar-refractivity contribution in [2.75, 3.05) is 18.5 Å². The number of anilines is 1. The molecule has 1 aromatic carbocycles. The monoisotopic (exact) mass is 292 g/mol. The first-order chi connectivity index (χ1) is 9.99. The molecule has 1 amide bonds. The summed E-state index contributed by atoms with van der Waals surface area (Å²) in [5, 5.41) is 11.6. The van der Waals surface area contributed by atoms with E-state index in [2.05, 4.69) is 17.1 Å². The zero-order valence-electron chi connectivity index (χ0n) is 12.9. The summed E-state index contributed by atoms with van der Waals surface area (Å²) in [7, 11) is 2.00. The number of rotatable bonds is 8. The van der Waals surface area contributed by atoms with Gasteiger partial charge in [-0.2, -0.15) is 0 Å². The molecule has 0 aliphatic heterocycles. The van der Waals surface area contributed by atoms with Gasteiger partial charge in [-0.15, -0.1) is 0 Å². The molecular formula is C16H24N2O3. The minimum Gasteiger partial charge on any atom is -0.480 e. The van der Waals surface area contributed by atoms with Crippen LogP contribution < -0.4 is 10.2 Å². The van der Waals surface area contributed by atoms with Crippen LogP contribution in [0.15, 0.2) is 24.3 Å². The summed E-state index contributed by atoms with van der Waals surface area (Å²) in [5.74, 6) is -1.34. The molecule has 5 heteroatoms. The maximum atomic E-state index is 12.1. The molecule has 1 aromatic rings. The Bertz CT molecular complexity index is 471. The molecule has 0 heterocycles. The fourth-order valence-electron chi connectivity index (χ4n) is 2.12. The molecule has 21 heavy (non-hydrogen) atoms. The number of carboxylic acid groups (broad SMARTS) is 1. The van der Waals surface area contributed by atoms with Crippen molar-refractivity contribution >= 4 is 17.6 Å². The molecule has 1 unspecified atom stereocenters. The molecule has 0 saturated heterocycles. The van der Waals surface area contributed by atoms with Gasteiger partial charge in [-0.05, 0) is 37.1 Å². The number of benzene rings is 1. The molecule has 0 radical (unpaired) electrons. The van der Waals surface area contributed by atoms with Crippen molar-refractivity contribution in [3.63, 3.8) is 0 Å². The van der Waals surface area contributed by atoms with E-state index in [0.29, 0.717) is 18.4 Å². The van der Waals surface area contributed by atoms with E-state index in [1.54, 1.807) is 12.1 Å². The lowest BCUT2D eigenvalue weighted by atomic mass is 10.1. The number of amides is 1. The van der Waals surface area contributed by atoms with E-state index < -0.39 is 12.0 Å². The first-order valence-corrected chi connectivity index (χ1v) is 7.34. The van der Waals surface area contributed by atoms with Crippen molar-refractivity contribution < 1.29 is 14.7 Å². The second-order valence-corrected chi connectivity index (χ2v) is 5.12. The maximum Gasteiger partial charge on any atom is 0.326 e. The fourth-order valence-corrected chi connectivity index (χ4v) is 2.12. The number of nitrogens with zero attached hydrogens (tertiary/aromatic N) is 1. The number of carbonyl (C=O) groups excluding carboxylic acids is 1. The van der Waals surface area contributed by atoms with Crippen LogP contribution in [0.1, 0.15) is 43.5 Å². The van der Waals surface area contributed by atoms with Gasteiger partial charge in [0.15, 0.2) is 0 Å². The van der Waals surface area contributed by atoms with Crippen LogP contribution in [0.2, 0.25) is 0 Å². The summed E-state index contributed by atoms with van der Waals surface area (Å²) in [6.45, 7) is 4.95. The number of nitrogens with one attached hydrogen (secondary N) is 1. The summed E-state index contributed by atoms with van der Waals surface area (Å²) >= 11 is 0. The quantitative estimate of drug-likeness (QED) is 0.772. The maximum absolute atomic E-state index is 12.1. The Balaban J connectivity index is 2.72. The Hall–Kier alpha value is -2.04. The van der Waals surface area contributed by atoms with Gasteiger partial charge in [0.1, 0.15) is 6.04 Å². The van der Waals surface area contributed by atoms with Crippen molar-refractivity contribution in [1.29, 1.82) is 0 Å². The van der Waals surface area contributed by atoms with E-state index in [1.807, 2.05) is 26.1 Å². The number of hydrogen-bond donors (Lipinski definition) is 2. The Morgan fingerprint density at radius 1 is 1.19 bits per heavy atom. The topological polar surface area (TPSA) is 69.6 Å². The molecule has 2 N–H and O–H groups in total. The zero-order valence-corrected chi connectivity index (χ0v) is 12.9. The van der Waals surface area contributed by atoms with Gasteiger partial charge in [-0.3, -0.25) is 4.79 Å². The Kier molecular flexibility index (Phi) is 6.72. The van der Waals surface area contributed by atoms with Gasteiger partial charge >= 0.3 is 5.97 Å². The van der Waals surface area contributed by atoms with Crippen LogP contribution in [-0.2, 0) is 4.79 Å². The molecule has 5 nitrogen and oxygen atoms in total. The highest BCUT2D eigenvalue weighted by Crippen LogP contribution is 2.14. The van der Waals surface area contributed by atoms with Gasteiger partial charge in [-0.1, -0.05) is 20.3 Å². The van der Waals surface area contributed by atoms with E-state index in [0.717, 1.165) is 18.7 Å². The lowest BCUT2D eigenvalue weighted by Crippen LogP contribution is -2.40. The second kappa shape index (κ2) is 8.29. The van der Waals surface area contributed by atoms with E-state index >= 15 is 0 Å². The summed E-state index contributed by atoms with van der Waals surface area (Å²) in [6.07, 6.45) is 2.19. The Labute approximate surface area is 126 Å². The number of aliphatic carboxylic acids is 1. The predicted octanol–water partition coefficient (Wildman–Crippen LogP) is 2.52. The minimum absolute atomic E-state index is 0.347. The van der Waals surface area contributed by atoms with E-state index in [9.17, 15) is 9.59 Å². The van der Waals surface area contributed by atoms with Crippen LogP contribution in [0, 0.1) is 0 Å².